The summed E-state index contributed by atoms with van der Waals surface area (Å²) in [4.78, 5) is 28.3. The number of anilines is 1. The van der Waals surface area contributed by atoms with Crippen molar-refractivity contribution in [2.45, 2.75) is 26.2 Å². The maximum atomic E-state index is 12.6. The molecule has 0 spiro atoms. The minimum atomic E-state index is -0.0765. The number of ether oxygens (including phenoxy) is 3. The summed E-state index contributed by atoms with van der Waals surface area (Å²) < 4.78 is 16.1. The van der Waals surface area contributed by atoms with E-state index in [-0.39, 0.29) is 18.4 Å². The normalized spacial score (nSPS) is 12.8. The quantitative estimate of drug-likeness (QED) is 0.616. The Kier molecular flexibility index (Phi) is 7.39. The Morgan fingerprint density at radius 1 is 1.13 bits per heavy atom. The van der Waals surface area contributed by atoms with E-state index in [2.05, 4.69) is 0 Å². The van der Waals surface area contributed by atoms with Gasteiger partial charge in [0.2, 0.25) is 5.91 Å². The molecule has 1 heterocycles. The predicted molar refractivity (Wildman–Crippen MR) is 119 cm³/mol. The summed E-state index contributed by atoms with van der Waals surface area (Å²) >= 11 is 0. The van der Waals surface area contributed by atoms with E-state index in [1.807, 2.05) is 50.4 Å². The first-order chi connectivity index (χ1) is 14.9. The topological polar surface area (TPSA) is 68.3 Å². The summed E-state index contributed by atoms with van der Waals surface area (Å²) in [6.45, 7) is 3.12. The van der Waals surface area contributed by atoms with Crippen molar-refractivity contribution >= 4 is 17.5 Å². The summed E-state index contributed by atoms with van der Waals surface area (Å²) in [7, 11) is 5.02. The smallest absolute Gasteiger partial charge is 0.265 e. The second-order valence-electron chi connectivity index (χ2n) is 7.66. The summed E-state index contributed by atoms with van der Waals surface area (Å²) in [6.07, 6.45) is 1.70. The van der Waals surface area contributed by atoms with Crippen LogP contribution in [0.3, 0.4) is 0 Å². The molecule has 3 rings (SSSR count). The summed E-state index contributed by atoms with van der Waals surface area (Å²) in [6, 6.07) is 11.6. The number of methoxy groups -OCH3 is 2. The lowest BCUT2D eigenvalue weighted by molar-refractivity contribution is -0.130. The lowest BCUT2D eigenvalue weighted by Crippen LogP contribution is -2.40. The fourth-order valence-electron chi connectivity index (χ4n) is 3.59. The van der Waals surface area contributed by atoms with Crippen LogP contribution in [0.2, 0.25) is 0 Å². The summed E-state index contributed by atoms with van der Waals surface area (Å²) in [5.41, 5.74) is 2.92. The maximum Gasteiger partial charge on any atom is 0.265 e. The molecule has 1 aliphatic heterocycles. The van der Waals surface area contributed by atoms with Crippen LogP contribution < -0.4 is 19.1 Å². The third kappa shape index (κ3) is 5.48. The fraction of sp³-hybridized carbons (Fsp3) is 0.417. The molecule has 0 fully saturated rings. The van der Waals surface area contributed by atoms with Crippen molar-refractivity contribution in [3.8, 4) is 17.2 Å². The largest absolute Gasteiger partial charge is 0.493 e. The summed E-state index contributed by atoms with van der Waals surface area (Å²) in [5.74, 6) is 2.06. The number of hydrogen-bond donors (Lipinski definition) is 0. The minimum absolute atomic E-state index is 0.0369. The number of fused-ring (bicyclic) bond motifs is 1. The monoisotopic (exact) mass is 426 g/mol. The van der Waals surface area contributed by atoms with Gasteiger partial charge in [0.1, 0.15) is 5.75 Å². The van der Waals surface area contributed by atoms with E-state index in [0.29, 0.717) is 43.2 Å². The zero-order chi connectivity index (χ0) is 22.4. The van der Waals surface area contributed by atoms with Crippen LogP contribution in [0.25, 0.3) is 0 Å². The molecule has 0 atom stereocenters. The number of likely N-dealkylation sites (N-methyl/N-ethyl adjacent to an activating group) is 1. The molecule has 2 amide bonds. The van der Waals surface area contributed by atoms with Crippen molar-refractivity contribution in [1.29, 1.82) is 0 Å². The second kappa shape index (κ2) is 10.2. The number of hydrogen-bond acceptors (Lipinski definition) is 5. The number of amides is 2. The molecule has 0 unspecified atom stereocenters. The van der Waals surface area contributed by atoms with Crippen LogP contribution in [0.15, 0.2) is 36.4 Å². The molecule has 1 aliphatic rings. The molecule has 7 nitrogen and oxygen atoms in total. The predicted octanol–water partition coefficient (Wildman–Crippen LogP) is 3.22. The second-order valence-corrected chi connectivity index (χ2v) is 7.66. The van der Waals surface area contributed by atoms with Crippen LogP contribution in [0.5, 0.6) is 17.2 Å². The molecule has 7 heteroatoms. The van der Waals surface area contributed by atoms with Crippen molar-refractivity contribution in [1.82, 2.24) is 4.90 Å². The highest BCUT2D eigenvalue weighted by Crippen LogP contribution is 2.33. The van der Waals surface area contributed by atoms with Crippen molar-refractivity contribution < 1.29 is 23.8 Å². The standard InChI is InChI=1S/C24H30N2O5/c1-17-7-9-20-19(14-17)26(24(28)16-31-20)12-5-6-23(27)25(2)13-11-18-8-10-21(29-3)22(15-18)30-4/h7-10,14-15H,5-6,11-13,16H2,1-4H3. The molecule has 31 heavy (non-hydrogen) atoms. The number of carbonyl (C=O) groups is 2. The van der Waals surface area contributed by atoms with Gasteiger partial charge in [-0.2, -0.15) is 0 Å². The lowest BCUT2D eigenvalue weighted by atomic mass is 10.1. The number of nitrogens with zero attached hydrogens (tertiary/aromatic N) is 2. The molecule has 0 bridgehead atoms. The first-order valence-corrected chi connectivity index (χ1v) is 10.4. The van der Waals surface area contributed by atoms with Gasteiger partial charge < -0.3 is 24.0 Å². The van der Waals surface area contributed by atoms with E-state index in [4.69, 9.17) is 14.2 Å². The van der Waals surface area contributed by atoms with Crippen LogP contribution in [-0.2, 0) is 16.0 Å². The van der Waals surface area contributed by atoms with E-state index in [9.17, 15) is 9.59 Å². The van der Waals surface area contributed by atoms with Gasteiger partial charge in [-0.15, -0.1) is 0 Å². The van der Waals surface area contributed by atoms with E-state index >= 15 is 0 Å². The fourth-order valence-corrected chi connectivity index (χ4v) is 3.59. The van der Waals surface area contributed by atoms with Crippen LogP contribution in [0, 0.1) is 6.92 Å². The van der Waals surface area contributed by atoms with Crippen LogP contribution in [-0.4, -0.2) is 57.7 Å². The van der Waals surface area contributed by atoms with Crippen molar-refractivity contribution in [3.63, 3.8) is 0 Å². The molecular formula is C24H30N2O5. The SMILES string of the molecule is COc1ccc(CCN(C)C(=O)CCCN2C(=O)COc3ccc(C)cc32)cc1OC. The molecule has 2 aromatic carbocycles. The van der Waals surface area contributed by atoms with Gasteiger partial charge in [-0.25, -0.2) is 0 Å². The molecule has 0 radical (unpaired) electrons. The third-order valence-electron chi connectivity index (χ3n) is 5.44. The maximum absolute atomic E-state index is 12.6. The number of benzene rings is 2. The number of rotatable bonds is 9. The van der Waals surface area contributed by atoms with E-state index < -0.39 is 0 Å². The van der Waals surface area contributed by atoms with Crippen LogP contribution in [0.4, 0.5) is 5.69 Å². The van der Waals surface area contributed by atoms with Crippen molar-refractivity contribution in [3.05, 3.63) is 47.5 Å². The first kappa shape index (κ1) is 22.5. The van der Waals surface area contributed by atoms with Crippen molar-refractivity contribution in [2.24, 2.45) is 0 Å². The van der Waals surface area contributed by atoms with Gasteiger partial charge in [0.05, 0.1) is 19.9 Å². The summed E-state index contributed by atoms with van der Waals surface area (Å²) in [5, 5.41) is 0. The Bertz CT molecular complexity index is 944. The van der Waals surface area contributed by atoms with E-state index in [1.165, 1.54) is 0 Å². The van der Waals surface area contributed by atoms with Gasteiger partial charge in [0, 0.05) is 26.6 Å². The highest BCUT2D eigenvalue weighted by atomic mass is 16.5. The van der Waals surface area contributed by atoms with Crippen molar-refractivity contribution in [2.75, 3.05) is 45.9 Å². The molecule has 0 aromatic heterocycles. The van der Waals surface area contributed by atoms with Gasteiger partial charge >= 0.3 is 0 Å². The molecule has 166 valence electrons. The molecule has 0 N–H and O–H groups in total. The van der Waals surface area contributed by atoms with Gasteiger partial charge in [0.25, 0.3) is 5.91 Å². The Hall–Kier alpha value is -3.22. The van der Waals surface area contributed by atoms with Gasteiger partial charge in [-0.05, 0) is 55.2 Å². The van der Waals surface area contributed by atoms with Crippen LogP contribution >= 0.6 is 0 Å². The zero-order valence-electron chi connectivity index (χ0n) is 18.6. The Morgan fingerprint density at radius 3 is 2.65 bits per heavy atom. The minimum Gasteiger partial charge on any atom is -0.493 e. The average Bonchev–Trinajstić information content (AvgIpc) is 2.78. The first-order valence-electron chi connectivity index (χ1n) is 10.4. The van der Waals surface area contributed by atoms with Gasteiger partial charge in [-0.1, -0.05) is 12.1 Å². The molecule has 0 aliphatic carbocycles. The highest BCUT2D eigenvalue weighted by molar-refractivity contribution is 5.98. The highest BCUT2D eigenvalue weighted by Gasteiger charge is 2.25. The number of carbonyl (C=O) groups excluding carboxylic acids is 2. The zero-order valence-corrected chi connectivity index (χ0v) is 18.6. The molecule has 2 aromatic rings. The third-order valence-corrected chi connectivity index (χ3v) is 5.44. The van der Waals surface area contributed by atoms with Gasteiger partial charge in [0.15, 0.2) is 18.1 Å². The lowest BCUT2D eigenvalue weighted by Gasteiger charge is -2.29. The molecule has 0 saturated heterocycles. The van der Waals surface area contributed by atoms with E-state index in [0.717, 1.165) is 23.2 Å². The molecule has 0 saturated carbocycles. The van der Waals surface area contributed by atoms with Crippen LogP contribution in [0.1, 0.15) is 24.0 Å². The van der Waals surface area contributed by atoms with E-state index in [1.54, 1.807) is 24.0 Å². The Morgan fingerprint density at radius 2 is 1.90 bits per heavy atom. The molecular weight excluding hydrogens is 396 g/mol. The Labute approximate surface area is 183 Å². The number of aryl methyl sites for hydroxylation is 1. The Balaban J connectivity index is 1.50. The van der Waals surface area contributed by atoms with Gasteiger partial charge in [-0.3, -0.25) is 9.59 Å². The average molecular weight is 427 g/mol.